The van der Waals surface area contributed by atoms with Crippen molar-refractivity contribution in [3.63, 3.8) is 0 Å². The number of amides is 4. The third kappa shape index (κ3) is 8.86. The van der Waals surface area contributed by atoms with Crippen LogP contribution in [0.15, 0.2) is 54.6 Å². The molecule has 0 spiro atoms. The Hall–Kier alpha value is -3.88. The van der Waals surface area contributed by atoms with E-state index in [9.17, 15) is 19.2 Å². The molecule has 0 aromatic heterocycles. The van der Waals surface area contributed by atoms with Gasteiger partial charge in [-0.3, -0.25) is 14.4 Å². The minimum Gasteiger partial charge on any atom is -0.444 e. The van der Waals surface area contributed by atoms with Crippen LogP contribution in [0.2, 0.25) is 0 Å². The number of para-hydroxylation sites is 2. The van der Waals surface area contributed by atoms with Gasteiger partial charge in [-0.2, -0.15) is 0 Å². The molecule has 0 aliphatic heterocycles. The first-order valence-electron chi connectivity index (χ1n) is 10.1. The van der Waals surface area contributed by atoms with Crippen LogP contribution in [-0.2, 0) is 14.3 Å². The summed E-state index contributed by atoms with van der Waals surface area (Å²) in [4.78, 5) is 48.1. The Kier molecular flexibility index (Phi) is 8.76. The van der Waals surface area contributed by atoms with Crippen LogP contribution in [0.25, 0.3) is 0 Å². The van der Waals surface area contributed by atoms with Gasteiger partial charge in [0, 0.05) is 18.5 Å². The van der Waals surface area contributed by atoms with E-state index in [1.807, 2.05) is 0 Å². The molecule has 2 rings (SSSR count). The van der Waals surface area contributed by atoms with Crippen molar-refractivity contribution in [1.29, 1.82) is 0 Å². The van der Waals surface area contributed by atoms with Gasteiger partial charge < -0.3 is 26.0 Å². The zero-order chi connectivity index (χ0) is 23.6. The van der Waals surface area contributed by atoms with Crippen molar-refractivity contribution in [3.8, 4) is 0 Å². The smallest absolute Gasteiger partial charge is 0.407 e. The average molecular weight is 441 g/mol. The number of alkyl carbamates (subject to hydrolysis) is 1. The molecule has 0 bridgehead atoms. The fraction of sp³-hybridized carbons (Fsp3) is 0.304. The van der Waals surface area contributed by atoms with Gasteiger partial charge >= 0.3 is 6.09 Å². The monoisotopic (exact) mass is 440 g/mol. The third-order valence-electron chi connectivity index (χ3n) is 3.94. The van der Waals surface area contributed by atoms with Crippen LogP contribution in [0.4, 0.5) is 16.2 Å². The molecule has 0 atom stereocenters. The molecule has 32 heavy (non-hydrogen) atoms. The van der Waals surface area contributed by atoms with Gasteiger partial charge in [-0.05, 0) is 45.0 Å². The van der Waals surface area contributed by atoms with Crippen LogP contribution in [0, 0.1) is 0 Å². The van der Waals surface area contributed by atoms with Crippen molar-refractivity contribution < 1.29 is 23.9 Å². The van der Waals surface area contributed by atoms with Gasteiger partial charge in [-0.1, -0.05) is 30.3 Å². The van der Waals surface area contributed by atoms with Crippen LogP contribution in [0.1, 0.15) is 37.6 Å². The van der Waals surface area contributed by atoms with Crippen molar-refractivity contribution in [2.75, 3.05) is 23.7 Å². The maximum absolute atomic E-state index is 12.2. The van der Waals surface area contributed by atoms with Crippen LogP contribution in [0.3, 0.4) is 0 Å². The zero-order valence-corrected chi connectivity index (χ0v) is 18.4. The van der Waals surface area contributed by atoms with Crippen molar-refractivity contribution >= 4 is 35.2 Å². The molecule has 4 N–H and O–H groups in total. The lowest BCUT2D eigenvalue weighted by Gasteiger charge is -2.19. The van der Waals surface area contributed by atoms with E-state index in [4.69, 9.17) is 4.74 Å². The number of nitrogens with one attached hydrogen (secondary N) is 4. The summed E-state index contributed by atoms with van der Waals surface area (Å²) in [5.41, 5.74) is 0.620. The molecule has 0 unspecified atom stereocenters. The lowest BCUT2D eigenvalue weighted by atomic mass is 10.2. The lowest BCUT2D eigenvalue weighted by Crippen LogP contribution is -2.34. The lowest BCUT2D eigenvalue weighted by molar-refractivity contribution is -0.116. The van der Waals surface area contributed by atoms with Crippen molar-refractivity contribution in [3.05, 3.63) is 60.2 Å². The second-order valence-corrected chi connectivity index (χ2v) is 7.87. The molecule has 0 saturated heterocycles. The van der Waals surface area contributed by atoms with E-state index in [0.29, 0.717) is 16.9 Å². The number of rotatable bonds is 8. The summed E-state index contributed by atoms with van der Waals surface area (Å²) < 4.78 is 5.11. The Balaban J connectivity index is 1.82. The van der Waals surface area contributed by atoms with E-state index < -0.39 is 17.6 Å². The molecular weight excluding hydrogens is 412 g/mol. The number of anilines is 2. The number of hydrogen-bond acceptors (Lipinski definition) is 5. The molecule has 0 saturated carbocycles. The highest BCUT2D eigenvalue weighted by molar-refractivity contribution is 6.02. The standard InChI is InChI=1S/C23H28N4O5/c1-23(2,3)32-22(31)24-14-13-19(28)26-17-11-7-8-12-18(17)27-20(29)15-25-21(30)16-9-5-4-6-10-16/h4-12H,13-15H2,1-3H3,(H,24,31)(H,25,30)(H,26,28)(H,27,29). The summed E-state index contributed by atoms with van der Waals surface area (Å²) in [5.74, 6) is -1.15. The van der Waals surface area contributed by atoms with Crippen LogP contribution in [0.5, 0.6) is 0 Å². The molecule has 9 heteroatoms. The normalized spacial score (nSPS) is 10.6. The highest BCUT2D eigenvalue weighted by atomic mass is 16.6. The molecule has 2 aromatic rings. The van der Waals surface area contributed by atoms with Crippen molar-refractivity contribution in [2.24, 2.45) is 0 Å². The highest BCUT2D eigenvalue weighted by Crippen LogP contribution is 2.21. The molecule has 170 valence electrons. The molecule has 0 aliphatic rings. The summed E-state index contributed by atoms with van der Waals surface area (Å²) in [6, 6.07) is 15.2. The van der Waals surface area contributed by atoms with Gasteiger partial charge in [0.1, 0.15) is 5.60 Å². The number of ether oxygens (including phenoxy) is 1. The predicted molar refractivity (Wildman–Crippen MR) is 121 cm³/mol. The number of carbonyl (C=O) groups excluding carboxylic acids is 4. The topological polar surface area (TPSA) is 126 Å². The van der Waals surface area contributed by atoms with Crippen LogP contribution < -0.4 is 21.3 Å². The summed E-state index contributed by atoms with van der Waals surface area (Å²) in [6.07, 6.45) is -0.579. The molecule has 4 amide bonds. The molecule has 9 nitrogen and oxygen atoms in total. The zero-order valence-electron chi connectivity index (χ0n) is 18.4. The third-order valence-corrected chi connectivity index (χ3v) is 3.94. The van der Waals surface area contributed by atoms with Crippen LogP contribution in [-0.4, -0.2) is 42.5 Å². The molecular formula is C23H28N4O5. The Labute approximate surface area is 186 Å². The minimum absolute atomic E-state index is 0.0225. The van der Waals surface area contributed by atoms with Gasteiger partial charge in [0.25, 0.3) is 5.91 Å². The van der Waals surface area contributed by atoms with Gasteiger partial charge in [-0.25, -0.2) is 4.79 Å². The van der Waals surface area contributed by atoms with E-state index in [-0.39, 0.29) is 31.3 Å². The summed E-state index contributed by atoms with van der Waals surface area (Å²) in [6.45, 7) is 5.11. The Morgan fingerprint density at radius 1 is 0.781 bits per heavy atom. The number of benzene rings is 2. The molecule has 0 radical (unpaired) electrons. The van der Waals surface area contributed by atoms with E-state index in [1.165, 1.54) is 0 Å². The predicted octanol–water partition coefficient (Wildman–Crippen LogP) is 2.91. The van der Waals surface area contributed by atoms with Gasteiger partial charge in [0.05, 0.1) is 17.9 Å². The maximum atomic E-state index is 12.2. The Bertz CT molecular complexity index is 954. The van der Waals surface area contributed by atoms with E-state index in [0.717, 1.165) is 0 Å². The first-order chi connectivity index (χ1) is 15.1. The number of hydrogen-bond donors (Lipinski definition) is 4. The van der Waals surface area contributed by atoms with E-state index in [1.54, 1.807) is 75.4 Å². The minimum atomic E-state index is -0.621. The first-order valence-corrected chi connectivity index (χ1v) is 10.1. The average Bonchev–Trinajstić information content (AvgIpc) is 2.72. The molecule has 0 fully saturated rings. The Morgan fingerprint density at radius 3 is 1.94 bits per heavy atom. The van der Waals surface area contributed by atoms with Gasteiger partial charge in [0.15, 0.2) is 0 Å². The van der Waals surface area contributed by atoms with Crippen molar-refractivity contribution in [2.45, 2.75) is 32.8 Å². The second kappa shape index (κ2) is 11.5. The van der Waals surface area contributed by atoms with Crippen LogP contribution >= 0.6 is 0 Å². The maximum Gasteiger partial charge on any atom is 0.407 e. The SMILES string of the molecule is CC(C)(C)OC(=O)NCCC(=O)Nc1ccccc1NC(=O)CNC(=O)c1ccccc1. The summed E-state index contributed by atoms with van der Waals surface area (Å²) in [5, 5.41) is 10.4. The summed E-state index contributed by atoms with van der Waals surface area (Å²) >= 11 is 0. The summed E-state index contributed by atoms with van der Waals surface area (Å²) in [7, 11) is 0. The van der Waals surface area contributed by atoms with E-state index >= 15 is 0 Å². The highest BCUT2D eigenvalue weighted by Gasteiger charge is 2.16. The molecule has 2 aromatic carbocycles. The molecule has 0 aliphatic carbocycles. The van der Waals surface area contributed by atoms with Gasteiger partial charge in [0.2, 0.25) is 11.8 Å². The second-order valence-electron chi connectivity index (χ2n) is 7.87. The quantitative estimate of drug-likeness (QED) is 0.502. The fourth-order valence-corrected chi connectivity index (χ4v) is 2.55. The molecule has 0 heterocycles. The largest absolute Gasteiger partial charge is 0.444 e. The Morgan fingerprint density at radius 2 is 1.34 bits per heavy atom. The van der Waals surface area contributed by atoms with Gasteiger partial charge in [-0.15, -0.1) is 0 Å². The van der Waals surface area contributed by atoms with E-state index in [2.05, 4.69) is 21.3 Å². The fourth-order valence-electron chi connectivity index (χ4n) is 2.55. The first kappa shape index (κ1) is 24.4. The number of carbonyl (C=O) groups is 4. The van der Waals surface area contributed by atoms with Crippen molar-refractivity contribution in [1.82, 2.24) is 10.6 Å².